The molecule has 0 radical (unpaired) electrons. The molecular formula is C47H53N7O5S2. The number of thiophene rings is 1. The Morgan fingerprint density at radius 3 is 2.41 bits per heavy atom. The lowest BCUT2D eigenvalue weighted by atomic mass is 9.76. The molecule has 1 aliphatic carbocycles. The quantitative estimate of drug-likeness (QED) is 0.115. The normalized spacial score (nSPS) is 22.1. The number of β-amino-alcohol motifs (C(OH)–C–C–N with tert-alkyl or cyclic N) is 1. The maximum absolute atomic E-state index is 14.3. The molecule has 3 aliphatic rings. The van der Waals surface area contributed by atoms with Crippen LogP contribution >= 0.6 is 22.7 Å². The van der Waals surface area contributed by atoms with E-state index >= 15 is 0 Å². The molecular weight excluding hydrogens is 807 g/mol. The van der Waals surface area contributed by atoms with Crippen LogP contribution in [0.1, 0.15) is 110 Å². The first-order chi connectivity index (χ1) is 29.4. The molecule has 2 amide bonds. The Bertz CT molecular complexity index is 2540. The number of aliphatic hydroxyl groups is 1. The van der Waals surface area contributed by atoms with Gasteiger partial charge in [-0.15, -0.1) is 32.9 Å². The number of piperidine rings is 1. The molecule has 2 aromatic carbocycles. The second kappa shape index (κ2) is 17.0. The van der Waals surface area contributed by atoms with Crippen LogP contribution in [0.15, 0.2) is 70.7 Å². The van der Waals surface area contributed by atoms with Gasteiger partial charge in [-0.3, -0.25) is 9.59 Å². The van der Waals surface area contributed by atoms with Gasteiger partial charge < -0.3 is 29.9 Å². The first-order valence-electron chi connectivity index (χ1n) is 21.5. The Morgan fingerprint density at radius 1 is 0.951 bits per heavy atom. The summed E-state index contributed by atoms with van der Waals surface area (Å²) < 4.78 is 5.93. The number of para-hydroxylation sites is 1. The minimum absolute atomic E-state index is 0.0938. The number of hydrogen-bond donors (Lipinski definition) is 3. The van der Waals surface area contributed by atoms with Gasteiger partial charge >= 0.3 is 0 Å². The number of aromatic hydroxyl groups is 1. The molecule has 9 rings (SSSR count). The minimum Gasteiger partial charge on any atom is -0.507 e. The van der Waals surface area contributed by atoms with Crippen LogP contribution in [0.25, 0.3) is 31.9 Å². The lowest BCUT2D eigenvalue weighted by Crippen LogP contribution is -2.48. The zero-order valence-corrected chi connectivity index (χ0v) is 36.9. The molecule has 3 fully saturated rings. The third-order valence-corrected chi connectivity index (χ3v) is 15.6. The number of phenols is 1. The number of phenolic OH excluding ortho intramolecular Hbond substituents is 1. The van der Waals surface area contributed by atoms with Crippen molar-refractivity contribution >= 4 is 44.7 Å². The van der Waals surface area contributed by atoms with Gasteiger partial charge in [0.15, 0.2) is 0 Å². The van der Waals surface area contributed by atoms with Crippen LogP contribution in [0.4, 0.5) is 0 Å². The Kier molecular flexibility index (Phi) is 11.5. The summed E-state index contributed by atoms with van der Waals surface area (Å²) in [6.07, 6.45) is 3.56. The maximum Gasteiger partial charge on any atom is 0.243 e. The maximum atomic E-state index is 14.3. The third kappa shape index (κ3) is 8.11. The Morgan fingerprint density at radius 2 is 1.70 bits per heavy atom. The van der Waals surface area contributed by atoms with Crippen molar-refractivity contribution in [2.75, 3.05) is 19.6 Å². The monoisotopic (exact) mass is 859 g/mol. The summed E-state index contributed by atoms with van der Waals surface area (Å²) in [6, 6.07) is 18.8. The fraction of sp³-hybridized carbons (Fsp3) is 0.447. The van der Waals surface area contributed by atoms with E-state index in [0.29, 0.717) is 29.0 Å². The molecule has 0 spiro atoms. The zero-order valence-electron chi connectivity index (χ0n) is 35.2. The van der Waals surface area contributed by atoms with Crippen LogP contribution in [-0.2, 0) is 9.59 Å². The third-order valence-electron chi connectivity index (χ3n) is 13.3. The summed E-state index contributed by atoms with van der Waals surface area (Å²) in [5.41, 5.74) is 8.39. The zero-order chi connectivity index (χ0) is 42.5. The number of carbonyl (C=O) groups excluding carboxylic acids is 2. The number of thiazole rings is 1. The number of fused-ring (bicyclic) bond motifs is 1. The van der Waals surface area contributed by atoms with Crippen molar-refractivity contribution in [2.45, 2.75) is 109 Å². The molecule has 12 nitrogen and oxygen atoms in total. The van der Waals surface area contributed by atoms with Crippen LogP contribution in [0, 0.1) is 19.8 Å². The van der Waals surface area contributed by atoms with Crippen molar-refractivity contribution in [1.29, 1.82) is 0 Å². The highest BCUT2D eigenvalue weighted by atomic mass is 32.1. The second-order valence-corrected chi connectivity index (χ2v) is 19.5. The topological polar surface area (TPSA) is 158 Å². The molecule has 2 unspecified atom stereocenters. The number of likely N-dealkylation sites (tertiary alicyclic amines) is 2. The van der Waals surface area contributed by atoms with Crippen LogP contribution < -0.4 is 5.32 Å². The van der Waals surface area contributed by atoms with Crippen LogP contribution in [0.3, 0.4) is 0 Å². The fourth-order valence-electron chi connectivity index (χ4n) is 9.66. The summed E-state index contributed by atoms with van der Waals surface area (Å²) in [7, 11) is 0. The number of rotatable bonds is 11. The number of aromatic nitrogens is 4. The van der Waals surface area contributed by atoms with Crippen LogP contribution in [-0.4, -0.2) is 90.0 Å². The summed E-state index contributed by atoms with van der Waals surface area (Å²) in [5, 5.41) is 38.8. The van der Waals surface area contributed by atoms with E-state index in [0.717, 1.165) is 76.4 Å². The molecule has 1 saturated carbocycles. The summed E-state index contributed by atoms with van der Waals surface area (Å²) in [6.45, 7) is 12.2. The predicted octanol–water partition coefficient (Wildman–Crippen LogP) is 8.50. The molecule has 2 aliphatic heterocycles. The Hall–Kier alpha value is -5.02. The van der Waals surface area contributed by atoms with Gasteiger partial charge in [0, 0.05) is 46.8 Å². The highest BCUT2D eigenvalue weighted by Gasteiger charge is 2.44. The van der Waals surface area contributed by atoms with E-state index in [-0.39, 0.29) is 48.4 Å². The molecule has 4 atom stereocenters. The molecule has 6 aromatic rings. The molecule has 318 valence electrons. The van der Waals surface area contributed by atoms with Crippen molar-refractivity contribution in [3.05, 3.63) is 99.3 Å². The minimum atomic E-state index is -0.792. The molecule has 4 aromatic heterocycles. The summed E-state index contributed by atoms with van der Waals surface area (Å²) >= 11 is 3.35. The molecule has 61 heavy (non-hydrogen) atoms. The molecule has 0 bridgehead atoms. The van der Waals surface area contributed by atoms with Gasteiger partial charge in [-0.05, 0) is 106 Å². The van der Waals surface area contributed by atoms with Crippen molar-refractivity contribution in [3.8, 4) is 27.4 Å². The molecule has 14 heteroatoms. The van der Waals surface area contributed by atoms with Crippen molar-refractivity contribution < 1.29 is 24.3 Å². The van der Waals surface area contributed by atoms with Gasteiger partial charge in [-0.1, -0.05) is 55.4 Å². The van der Waals surface area contributed by atoms with E-state index in [1.54, 1.807) is 33.6 Å². The lowest BCUT2D eigenvalue weighted by molar-refractivity contribution is -0.141. The van der Waals surface area contributed by atoms with Crippen LogP contribution in [0.5, 0.6) is 5.75 Å². The van der Waals surface area contributed by atoms with Crippen molar-refractivity contribution in [1.82, 2.24) is 35.5 Å². The van der Waals surface area contributed by atoms with Gasteiger partial charge in [-0.2, -0.15) is 0 Å². The number of nitrogens with zero attached hydrogens (tertiary/aromatic N) is 6. The first kappa shape index (κ1) is 41.3. The van der Waals surface area contributed by atoms with E-state index in [4.69, 9.17) is 4.52 Å². The average Bonchev–Trinajstić information content (AvgIpc) is 4.05. The SMILES string of the molecule is Cc1ncsc1-c1ccc([C@H](C)NC(=O)C2C[C@@H](O)CN2C(=O)C(c2cc(C3CC(N4CCC(c5sc6nnc(-c7ccccc7O)cc6c5C)CC4)C3)no2)C(C)C)cc1. The average molecular weight is 860 g/mol. The largest absolute Gasteiger partial charge is 0.507 e. The highest BCUT2D eigenvalue weighted by molar-refractivity contribution is 7.19. The summed E-state index contributed by atoms with van der Waals surface area (Å²) in [4.78, 5) is 40.0. The molecule has 6 heterocycles. The predicted molar refractivity (Wildman–Crippen MR) is 238 cm³/mol. The molecule has 3 N–H and O–H groups in total. The number of aliphatic hydroxyl groups excluding tert-OH is 1. The van der Waals surface area contributed by atoms with E-state index in [2.05, 4.69) is 43.5 Å². The standard InChI is InChI=1S/C47H53N7O5S2/c1-25(2)42(47(58)54-23-34(55)20-39(54)45(57)49-27(4)29-10-12-30(13-11-29)44-28(5)48-24-60-44)41-22-37(52-59-41)32-18-33(19-32)53-16-14-31(15-17-53)43-26(3)36-21-38(50-51-46(36)61-43)35-8-6-7-9-40(35)56/h6-13,21-22,24-25,27,31-34,39,42,55-56H,14-20,23H2,1-5H3,(H,49,57)/t27-,32?,33?,34+,39?,42?/m0/s1. The van der Waals surface area contributed by atoms with Crippen molar-refractivity contribution in [2.24, 2.45) is 5.92 Å². The Balaban J connectivity index is 0.797. The van der Waals surface area contributed by atoms with E-state index in [1.807, 2.05) is 81.7 Å². The number of aryl methyl sites for hydroxylation is 2. The second-order valence-electron chi connectivity index (χ2n) is 17.6. The van der Waals surface area contributed by atoms with E-state index in [1.165, 1.54) is 10.4 Å². The van der Waals surface area contributed by atoms with E-state index < -0.39 is 18.1 Å². The van der Waals surface area contributed by atoms with Crippen LogP contribution in [0.2, 0.25) is 0 Å². The Labute approximate surface area is 364 Å². The smallest absolute Gasteiger partial charge is 0.243 e. The number of benzene rings is 2. The van der Waals surface area contributed by atoms with Gasteiger partial charge in [0.2, 0.25) is 11.8 Å². The first-order valence-corrected chi connectivity index (χ1v) is 23.2. The number of amides is 2. The number of carbonyl (C=O) groups is 2. The molecule has 2 saturated heterocycles. The van der Waals surface area contributed by atoms with Gasteiger partial charge in [0.25, 0.3) is 0 Å². The lowest BCUT2D eigenvalue weighted by Gasteiger charge is -2.45. The van der Waals surface area contributed by atoms with Crippen molar-refractivity contribution in [3.63, 3.8) is 0 Å². The highest BCUT2D eigenvalue weighted by Crippen LogP contribution is 2.45. The van der Waals surface area contributed by atoms with Gasteiger partial charge in [0.1, 0.15) is 28.3 Å². The number of nitrogens with one attached hydrogen (secondary N) is 1. The fourth-order valence-corrected chi connectivity index (χ4v) is 11.8. The van der Waals surface area contributed by atoms with E-state index in [9.17, 15) is 19.8 Å². The number of hydrogen-bond acceptors (Lipinski definition) is 12. The van der Waals surface area contributed by atoms with Gasteiger partial charge in [0.05, 0.1) is 39.6 Å². The summed E-state index contributed by atoms with van der Waals surface area (Å²) in [5.74, 6) is 0.217. The van der Waals surface area contributed by atoms with Gasteiger partial charge in [-0.25, -0.2) is 4.98 Å².